The van der Waals surface area contributed by atoms with Crippen LogP contribution in [-0.4, -0.2) is 35.5 Å². The Morgan fingerprint density at radius 1 is 1.41 bits per heavy atom. The first kappa shape index (κ1) is 14.3. The average molecular weight is 342 g/mol. The van der Waals surface area contributed by atoms with Crippen LogP contribution < -0.4 is 4.72 Å². The second-order valence-electron chi connectivity index (χ2n) is 6.05. The molecule has 2 aliphatic rings. The number of H-pyrrole nitrogens is 1. The average Bonchev–Trinajstić information content (AvgIpc) is 2.89. The van der Waals surface area contributed by atoms with Gasteiger partial charge < -0.3 is 10.1 Å². The fraction of sp³-hybridized carbons (Fsp3) is 0.429. The standard InChI is InChI=1S/C14H16ClN3O3S/c15-12-5-9-7-18(6-8-3-10(19)4-8)22(20,21)17-13(9)14-11(12)1-2-16-14/h1-2,5,8,10,16-17,19H,3-4,6-7H2. The number of aliphatic hydroxyl groups excluding tert-OH is 1. The van der Waals surface area contributed by atoms with Gasteiger partial charge >= 0.3 is 10.2 Å². The number of rotatable bonds is 2. The van der Waals surface area contributed by atoms with E-state index in [0.29, 0.717) is 42.2 Å². The summed E-state index contributed by atoms with van der Waals surface area (Å²) in [6.07, 6.45) is 2.78. The summed E-state index contributed by atoms with van der Waals surface area (Å²) >= 11 is 6.27. The van der Waals surface area contributed by atoms with Gasteiger partial charge in [0, 0.05) is 24.7 Å². The molecule has 6 nitrogen and oxygen atoms in total. The molecule has 1 fully saturated rings. The minimum absolute atomic E-state index is 0.220. The maximum absolute atomic E-state index is 12.5. The highest BCUT2D eigenvalue weighted by molar-refractivity contribution is 7.90. The largest absolute Gasteiger partial charge is 0.393 e. The molecule has 22 heavy (non-hydrogen) atoms. The zero-order chi connectivity index (χ0) is 15.5. The third kappa shape index (κ3) is 2.20. The number of aliphatic hydroxyl groups is 1. The van der Waals surface area contributed by atoms with Gasteiger partial charge in [-0.1, -0.05) is 11.6 Å². The molecule has 1 aliphatic carbocycles. The van der Waals surface area contributed by atoms with Crippen LogP contribution in [0.3, 0.4) is 0 Å². The predicted octanol–water partition coefficient (Wildman–Crippen LogP) is 2.06. The summed E-state index contributed by atoms with van der Waals surface area (Å²) in [5.41, 5.74) is 2.15. The summed E-state index contributed by atoms with van der Waals surface area (Å²) in [4.78, 5) is 3.05. The number of aromatic nitrogens is 1. The summed E-state index contributed by atoms with van der Waals surface area (Å²) in [5.74, 6) is 0.220. The van der Waals surface area contributed by atoms with Crippen molar-refractivity contribution in [2.45, 2.75) is 25.5 Å². The first-order valence-electron chi connectivity index (χ1n) is 7.18. The Labute approximate surface area is 133 Å². The second-order valence-corrected chi connectivity index (χ2v) is 8.13. The maximum Gasteiger partial charge on any atom is 0.302 e. The van der Waals surface area contributed by atoms with Gasteiger partial charge in [0.2, 0.25) is 0 Å². The van der Waals surface area contributed by atoms with Crippen molar-refractivity contribution in [3.05, 3.63) is 28.9 Å². The molecular weight excluding hydrogens is 326 g/mol. The summed E-state index contributed by atoms with van der Waals surface area (Å²) in [5, 5.41) is 10.8. The summed E-state index contributed by atoms with van der Waals surface area (Å²) in [6.45, 7) is 0.720. The van der Waals surface area contributed by atoms with Crippen molar-refractivity contribution in [1.29, 1.82) is 0 Å². The van der Waals surface area contributed by atoms with Crippen LogP contribution in [0.4, 0.5) is 5.69 Å². The van der Waals surface area contributed by atoms with Crippen LogP contribution in [0.15, 0.2) is 18.3 Å². The first-order chi connectivity index (χ1) is 10.4. The third-order valence-corrected chi connectivity index (χ3v) is 6.20. The van der Waals surface area contributed by atoms with E-state index in [1.807, 2.05) is 12.1 Å². The molecule has 0 unspecified atom stereocenters. The molecule has 8 heteroatoms. The lowest BCUT2D eigenvalue weighted by molar-refractivity contribution is 0.0341. The van der Waals surface area contributed by atoms with Gasteiger partial charge in [-0.25, -0.2) is 0 Å². The SMILES string of the molecule is O=S1(=O)Nc2c(cc(Cl)c3cc[nH]c23)CN1CC1CC(O)C1. The zero-order valence-electron chi connectivity index (χ0n) is 11.7. The summed E-state index contributed by atoms with van der Waals surface area (Å²) < 4.78 is 29.0. The van der Waals surface area contributed by atoms with Crippen LogP contribution in [0.5, 0.6) is 0 Å². The number of nitrogens with one attached hydrogen (secondary N) is 2. The predicted molar refractivity (Wildman–Crippen MR) is 85.0 cm³/mol. The molecule has 0 radical (unpaired) electrons. The second kappa shape index (κ2) is 4.86. The third-order valence-electron chi connectivity index (χ3n) is 4.47. The van der Waals surface area contributed by atoms with E-state index in [0.717, 1.165) is 10.9 Å². The topological polar surface area (TPSA) is 85.4 Å². The minimum atomic E-state index is -3.57. The lowest BCUT2D eigenvalue weighted by Gasteiger charge is -2.37. The highest BCUT2D eigenvalue weighted by atomic mass is 35.5. The Hall–Kier alpha value is -1.28. The van der Waals surface area contributed by atoms with E-state index in [1.165, 1.54) is 4.31 Å². The number of hydrogen-bond donors (Lipinski definition) is 3. The summed E-state index contributed by atoms with van der Waals surface area (Å²) in [6, 6.07) is 3.64. The van der Waals surface area contributed by atoms with Crippen molar-refractivity contribution in [2.75, 3.05) is 11.3 Å². The lowest BCUT2D eigenvalue weighted by Crippen LogP contribution is -2.45. The molecule has 0 saturated heterocycles. The molecule has 2 heterocycles. The number of nitrogens with zero attached hydrogens (tertiary/aromatic N) is 1. The van der Waals surface area contributed by atoms with Crippen molar-refractivity contribution < 1.29 is 13.5 Å². The number of benzene rings is 1. The number of anilines is 1. The Kier molecular flexibility index (Phi) is 3.16. The maximum atomic E-state index is 12.5. The van der Waals surface area contributed by atoms with Gasteiger partial charge in [0.1, 0.15) is 0 Å². The molecule has 118 valence electrons. The van der Waals surface area contributed by atoms with Gasteiger partial charge in [0.15, 0.2) is 0 Å². The number of aromatic amines is 1. The van der Waals surface area contributed by atoms with Gasteiger partial charge in [-0.2, -0.15) is 12.7 Å². The molecule has 2 aromatic rings. The molecule has 0 spiro atoms. The fourth-order valence-electron chi connectivity index (χ4n) is 3.25. The Morgan fingerprint density at radius 3 is 2.91 bits per heavy atom. The Balaban J connectivity index is 1.71. The molecule has 0 bridgehead atoms. The normalized spacial score (nSPS) is 27.2. The molecule has 4 rings (SSSR count). The minimum Gasteiger partial charge on any atom is -0.393 e. The quantitative estimate of drug-likeness (QED) is 0.781. The molecule has 1 aromatic carbocycles. The Morgan fingerprint density at radius 2 is 2.18 bits per heavy atom. The molecule has 0 atom stereocenters. The van der Waals surface area contributed by atoms with Gasteiger partial charge in [-0.15, -0.1) is 0 Å². The summed E-state index contributed by atoms with van der Waals surface area (Å²) in [7, 11) is -3.57. The molecular formula is C14H16ClN3O3S. The molecule has 1 aromatic heterocycles. The van der Waals surface area contributed by atoms with Crippen LogP contribution in [0.25, 0.3) is 10.9 Å². The van der Waals surface area contributed by atoms with E-state index >= 15 is 0 Å². The number of fused-ring (bicyclic) bond motifs is 3. The highest BCUT2D eigenvalue weighted by Crippen LogP contribution is 2.38. The Bertz CT molecular complexity index is 842. The smallest absolute Gasteiger partial charge is 0.302 e. The number of halogens is 1. The molecule has 1 saturated carbocycles. The van der Waals surface area contributed by atoms with Crippen LogP contribution >= 0.6 is 11.6 Å². The van der Waals surface area contributed by atoms with E-state index in [-0.39, 0.29) is 12.0 Å². The highest BCUT2D eigenvalue weighted by Gasteiger charge is 2.36. The zero-order valence-corrected chi connectivity index (χ0v) is 13.3. The molecule has 0 amide bonds. The fourth-order valence-corrected chi connectivity index (χ4v) is 4.87. The number of hydrogen-bond acceptors (Lipinski definition) is 3. The van der Waals surface area contributed by atoms with Crippen LogP contribution in [0, 0.1) is 5.92 Å². The van der Waals surface area contributed by atoms with Crippen LogP contribution in [-0.2, 0) is 16.8 Å². The molecule has 1 aliphatic heterocycles. The molecule has 3 N–H and O–H groups in total. The lowest BCUT2D eigenvalue weighted by atomic mass is 9.82. The van der Waals surface area contributed by atoms with Gasteiger partial charge in [0.05, 0.1) is 22.3 Å². The van der Waals surface area contributed by atoms with Crippen LogP contribution in [0.1, 0.15) is 18.4 Å². The van der Waals surface area contributed by atoms with E-state index < -0.39 is 10.2 Å². The van der Waals surface area contributed by atoms with Gasteiger partial charge in [0.25, 0.3) is 0 Å². The first-order valence-corrected chi connectivity index (χ1v) is 9.00. The van der Waals surface area contributed by atoms with Crippen molar-refractivity contribution in [3.8, 4) is 0 Å². The van der Waals surface area contributed by atoms with Gasteiger partial charge in [-0.3, -0.25) is 4.72 Å². The van der Waals surface area contributed by atoms with Crippen molar-refractivity contribution in [1.82, 2.24) is 9.29 Å². The van der Waals surface area contributed by atoms with Gasteiger partial charge in [-0.05, 0) is 36.5 Å². The van der Waals surface area contributed by atoms with E-state index in [4.69, 9.17) is 11.6 Å². The van der Waals surface area contributed by atoms with E-state index in [1.54, 1.807) is 6.20 Å². The van der Waals surface area contributed by atoms with Crippen LogP contribution in [0.2, 0.25) is 5.02 Å². The van der Waals surface area contributed by atoms with E-state index in [2.05, 4.69) is 9.71 Å². The van der Waals surface area contributed by atoms with E-state index in [9.17, 15) is 13.5 Å². The van der Waals surface area contributed by atoms with Crippen molar-refractivity contribution in [2.24, 2.45) is 5.92 Å². The van der Waals surface area contributed by atoms with Crippen molar-refractivity contribution >= 4 is 38.4 Å². The van der Waals surface area contributed by atoms with Crippen molar-refractivity contribution in [3.63, 3.8) is 0 Å². The monoisotopic (exact) mass is 341 g/mol.